The van der Waals surface area contributed by atoms with Gasteiger partial charge in [-0.15, -0.1) is 6.58 Å². The van der Waals surface area contributed by atoms with Crippen molar-refractivity contribution in [1.29, 1.82) is 0 Å². The van der Waals surface area contributed by atoms with Crippen LogP contribution in [-0.4, -0.2) is 39.4 Å². The van der Waals surface area contributed by atoms with Crippen LogP contribution in [0.25, 0.3) is 0 Å². The molecular weight excluding hydrogens is 268 g/mol. The summed E-state index contributed by atoms with van der Waals surface area (Å²) in [6.45, 7) is 7.98. The van der Waals surface area contributed by atoms with Crippen molar-refractivity contribution in [1.82, 2.24) is 0 Å². The molecule has 0 aromatic heterocycles. The highest BCUT2D eigenvalue weighted by Gasteiger charge is 2.74. The predicted molar refractivity (Wildman–Crippen MR) is 79.5 cm³/mol. The van der Waals surface area contributed by atoms with Crippen molar-refractivity contribution in [2.75, 3.05) is 6.61 Å². The molecule has 2 aliphatic heterocycles. The molecule has 3 N–H and O–H groups in total. The van der Waals surface area contributed by atoms with Crippen LogP contribution in [0.15, 0.2) is 12.7 Å². The van der Waals surface area contributed by atoms with Gasteiger partial charge in [-0.2, -0.15) is 0 Å². The van der Waals surface area contributed by atoms with Crippen molar-refractivity contribution in [3.05, 3.63) is 12.7 Å². The minimum atomic E-state index is -1.18. The molecule has 2 saturated heterocycles. The molecule has 3 rings (SSSR count). The second-order valence-corrected chi connectivity index (χ2v) is 7.90. The number of fused-ring (bicyclic) bond motifs is 1. The lowest BCUT2D eigenvalue weighted by Gasteiger charge is -2.59. The largest absolute Gasteiger partial charge is 0.396 e. The highest BCUT2D eigenvalue weighted by atomic mass is 16.7. The Labute approximate surface area is 126 Å². The molecular formula is C17H28O4. The van der Waals surface area contributed by atoms with Crippen LogP contribution >= 0.6 is 0 Å². The maximum Gasteiger partial charge on any atom is 0.172 e. The maximum atomic E-state index is 11.1. The maximum absolute atomic E-state index is 11.1. The topological polar surface area (TPSA) is 69.9 Å². The standard InChI is InChI=1S/C17H28O4/c1-4-7-14(2)11-16-12(10-18)5-6-13(19)15(16,3)8-9-17(14,20)21-16/h4,12-13,18-20H,1,5-11H2,2-3H3/t12-,13-,14-,15-,16+,17-/m0/s1. The minimum absolute atomic E-state index is 0.0237. The first-order valence-electron chi connectivity index (χ1n) is 8.09. The zero-order valence-electron chi connectivity index (χ0n) is 13.1. The van der Waals surface area contributed by atoms with Gasteiger partial charge in [0.1, 0.15) is 0 Å². The van der Waals surface area contributed by atoms with E-state index in [1.807, 2.05) is 13.0 Å². The number of aliphatic hydroxyl groups excluding tert-OH is 2. The average Bonchev–Trinajstić information content (AvgIpc) is 2.61. The summed E-state index contributed by atoms with van der Waals surface area (Å²) in [6, 6.07) is 0. The van der Waals surface area contributed by atoms with Crippen molar-refractivity contribution in [2.45, 2.75) is 69.9 Å². The Bertz CT molecular complexity index is 452. The second-order valence-electron chi connectivity index (χ2n) is 7.90. The van der Waals surface area contributed by atoms with Gasteiger partial charge in [0.05, 0.1) is 11.7 Å². The zero-order chi connectivity index (χ0) is 15.5. The van der Waals surface area contributed by atoms with E-state index in [0.29, 0.717) is 25.7 Å². The van der Waals surface area contributed by atoms with Gasteiger partial charge in [0.15, 0.2) is 5.79 Å². The Balaban J connectivity index is 2.10. The van der Waals surface area contributed by atoms with E-state index >= 15 is 0 Å². The Kier molecular flexibility index (Phi) is 3.35. The van der Waals surface area contributed by atoms with Crippen LogP contribution in [0.2, 0.25) is 0 Å². The van der Waals surface area contributed by atoms with Gasteiger partial charge in [0, 0.05) is 29.8 Å². The summed E-state index contributed by atoms with van der Waals surface area (Å²) in [5, 5.41) is 31.6. The predicted octanol–water partition coefficient (Wildman–Crippen LogP) is 1.98. The third-order valence-corrected chi connectivity index (χ3v) is 6.90. The molecule has 1 aliphatic carbocycles. The van der Waals surface area contributed by atoms with Crippen LogP contribution in [0, 0.1) is 16.7 Å². The first-order valence-corrected chi connectivity index (χ1v) is 8.09. The van der Waals surface area contributed by atoms with Gasteiger partial charge in [-0.05, 0) is 32.1 Å². The lowest BCUT2D eigenvalue weighted by molar-refractivity contribution is -0.341. The summed E-state index contributed by atoms with van der Waals surface area (Å²) in [5.41, 5.74) is -1.44. The molecule has 6 atom stereocenters. The Morgan fingerprint density at radius 2 is 2.00 bits per heavy atom. The van der Waals surface area contributed by atoms with E-state index in [4.69, 9.17) is 4.74 Å². The Hall–Kier alpha value is -0.420. The molecule has 4 heteroatoms. The normalized spacial score (nSPS) is 56.0. The van der Waals surface area contributed by atoms with Gasteiger partial charge < -0.3 is 20.1 Å². The van der Waals surface area contributed by atoms with Crippen LogP contribution in [0.5, 0.6) is 0 Å². The molecule has 21 heavy (non-hydrogen) atoms. The van der Waals surface area contributed by atoms with E-state index in [2.05, 4.69) is 13.5 Å². The number of hydrogen-bond acceptors (Lipinski definition) is 4. The van der Waals surface area contributed by atoms with Crippen LogP contribution < -0.4 is 0 Å². The smallest absolute Gasteiger partial charge is 0.172 e. The highest BCUT2D eigenvalue weighted by Crippen LogP contribution is 2.69. The summed E-state index contributed by atoms with van der Waals surface area (Å²) in [5.74, 6) is -1.20. The fraction of sp³-hybridized carbons (Fsp3) is 0.882. The first-order chi connectivity index (χ1) is 9.77. The van der Waals surface area contributed by atoms with Gasteiger partial charge in [0.2, 0.25) is 0 Å². The molecule has 0 radical (unpaired) electrons. The van der Waals surface area contributed by atoms with E-state index in [9.17, 15) is 15.3 Å². The van der Waals surface area contributed by atoms with Crippen LogP contribution in [0.1, 0.15) is 52.4 Å². The number of rotatable bonds is 3. The lowest BCUT2D eigenvalue weighted by Crippen LogP contribution is -2.64. The number of ether oxygens (including phenoxy) is 1. The molecule has 0 amide bonds. The Morgan fingerprint density at radius 3 is 2.62 bits per heavy atom. The van der Waals surface area contributed by atoms with E-state index in [1.165, 1.54) is 0 Å². The van der Waals surface area contributed by atoms with Crippen LogP contribution in [-0.2, 0) is 4.74 Å². The molecule has 120 valence electrons. The zero-order valence-corrected chi connectivity index (χ0v) is 13.1. The first kappa shape index (κ1) is 15.5. The van der Waals surface area contributed by atoms with Gasteiger partial charge >= 0.3 is 0 Å². The molecule has 2 bridgehead atoms. The molecule has 3 fully saturated rings. The fourth-order valence-electron chi connectivity index (χ4n) is 5.33. The summed E-state index contributed by atoms with van der Waals surface area (Å²) >= 11 is 0. The molecule has 0 aromatic rings. The number of aliphatic hydroxyl groups is 3. The number of hydrogen-bond donors (Lipinski definition) is 3. The molecule has 2 heterocycles. The van der Waals surface area contributed by atoms with Gasteiger partial charge in [-0.1, -0.05) is 19.9 Å². The van der Waals surface area contributed by atoms with Gasteiger partial charge in [-0.3, -0.25) is 0 Å². The van der Waals surface area contributed by atoms with Crippen molar-refractivity contribution < 1.29 is 20.1 Å². The van der Waals surface area contributed by atoms with Gasteiger partial charge in [0.25, 0.3) is 0 Å². The van der Waals surface area contributed by atoms with Crippen LogP contribution in [0.3, 0.4) is 0 Å². The highest BCUT2D eigenvalue weighted by molar-refractivity contribution is 5.20. The van der Waals surface area contributed by atoms with E-state index < -0.39 is 28.3 Å². The van der Waals surface area contributed by atoms with E-state index in [1.54, 1.807) is 0 Å². The SMILES string of the molecule is C=CC[C@@]1(C)C[C@]23O[C@@]1(O)CC[C@@]2(C)[C@@H](O)CC[C@H]3CO. The Morgan fingerprint density at radius 1 is 1.29 bits per heavy atom. The van der Waals surface area contributed by atoms with Crippen molar-refractivity contribution in [2.24, 2.45) is 16.7 Å². The number of allylic oxidation sites excluding steroid dienone is 1. The summed E-state index contributed by atoms with van der Waals surface area (Å²) < 4.78 is 6.31. The van der Waals surface area contributed by atoms with Crippen molar-refractivity contribution in [3.63, 3.8) is 0 Å². The molecule has 1 spiro atoms. The van der Waals surface area contributed by atoms with E-state index in [-0.39, 0.29) is 12.5 Å². The minimum Gasteiger partial charge on any atom is -0.396 e. The fourth-order valence-corrected chi connectivity index (χ4v) is 5.33. The molecule has 0 unspecified atom stereocenters. The summed E-state index contributed by atoms with van der Waals surface area (Å²) in [4.78, 5) is 0. The van der Waals surface area contributed by atoms with Crippen molar-refractivity contribution in [3.8, 4) is 0 Å². The third kappa shape index (κ3) is 1.70. The lowest BCUT2D eigenvalue weighted by atomic mass is 9.54. The van der Waals surface area contributed by atoms with Gasteiger partial charge in [-0.25, -0.2) is 0 Å². The van der Waals surface area contributed by atoms with Crippen molar-refractivity contribution >= 4 is 0 Å². The average molecular weight is 296 g/mol. The molecule has 4 nitrogen and oxygen atoms in total. The molecule has 0 aromatic carbocycles. The quantitative estimate of drug-likeness (QED) is 0.697. The molecule has 1 saturated carbocycles. The molecule has 3 aliphatic rings. The van der Waals surface area contributed by atoms with Crippen LogP contribution in [0.4, 0.5) is 0 Å². The third-order valence-electron chi connectivity index (χ3n) is 6.90. The summed E-state index contributed by atoms with van der Waals surface area (Å²) in [6.07, 6.45) is 5.45. The summed E-state index contributed by atoms with van der Waals surface area (Å²) in [7, 11) is 0. The van der Waals surface area contributed by atoms with E-state index in [0.717, 1.165) is 12.8 Å². The monoisotopic (exact) mass is 296 g/mol. The second kappa shape index (κ2) is 4.54.